The molecule has 0 spiro atoms. The Labute approximate surface area is 145 Å². The van der Waals surface area contributed by atoms with E-state index in [1.54, 1.807) is 23.1 Å². The number of amides is 1. The van der Waals surface area contributed by atoms with Gasteiger partial charge in [-0.25, -0.2) is 4.39 Å². The van der Waals surface area contributed by atoms with Crippen LogP contribution in [0.2, 0.25) is 0 Å². The number of hydrogen-bond donors (Lipinski definition) is 2. The highest BCUT2D eigenvalue weighted by Crippen LogP contribution is 2.22. The van der Waals surface area contributed by atoms with Crippen molar-refractivity contribution in [1.82, 2.24) is 4.90 Å². The highest BCUT2D eigenvalue weighted by molar-refractivity contribution is 5.77. The molecule has 6 heteroatoms. The average molecular weight is 344 g/mol. The fourth-order valence-corrected chi connectivity index (χ4v) is 3.00. The molecule has 1 saturated heterocycles. The number of nitrogens with zero attached hydrogens (tertiary/aromatic N) is 2. The summed E-state index contributed by atoms with van der Waals surface area (Å²) in [5.74, 6) is -0.336. The van der Waals surface area contributed by atoms with Crippen molar-refractivity contribution in [2.75, 3.05) is 31.1 Å². The molecule has 3 rings (SSSR count). The predicted octanol–water partition coefficient (Wildman–Crippen LogP) is 2.30. The van der Waals surface area contributed by atoms with Crippen LogP contribution >= 0.6 is 0 Å². The first kappa shape index (κ1) is 17.2. The molecule has 0 saturated carbocycles. The smallest absolute Gasteiger partial charge is 0.225 e. The molecule has 1 aliphatic heterocycles. The summed E-state index contributed by atoms with van der Waals surface area (Å²) in [6, 6.07) is 12.7. The van der Waals surface area contributed by atoms with Gasteiger partial charge in [-0.05, 0) is 42.0 Å². The van der Waals surface area contributed by atoms with Crippen LogP contribution in [0, 0.1) is 5.82 Å². The summed E-state index contributed by atoms with van der Waals surface area (Å²) in [6.45, 7) is 2.50. The van der Waals surface area contributed by atoms with E-state index < -0.39 is 11.9 Å². The van der Waals surface area contributed by atoms with E-state index in [2.05, 4.69) is 4.90 Å². The first-order valence-corrected chi connectivity index (χ1v) is 8.28. The number of piperazine rings is 1. The van der Waals surface area contributed by atoms with Crippen LogP contribution in [0.15, 0.2) is 48.5 Å². The van der Waals surface area contributed by atoms with Gasteiger partial charge in [-0.1, -0.05) is 12.1 Å². The molecule has 132 valence electrons. The van der Waals surface area contributed by atoms with Gasteiger partial charge in [-0.2, -0.15) is 0 Å². The van der Waals surface area contributed by atoms with E-state index in [0.717, 1.165) is 5.69 Å². The fraction of sp³-hybridized carbons (Fsp3) is 0.316. The number of aromatic hydroxyl groups is 1. The number of aliphatic hydroxyl groups is 1. The number of halogens is 1. The molecule has 2 aromatic rings. The molecule has 1 heterocycles. The van der Waals surface area contributed by atoms with Crippen molar-refractivity contribution >= 4 is 11.6 Å². The largest absolute Gasteiger partial charge is 0.508 e. The Morgan fingerprint density at radius 1 is 1.08 bits per heavy atom. The van der Waals surface area contributed by atoms with Gasteiger partial charge in [0.25, 0.3) is 0 Å². The number of rotatable bonds is 4. The van der Waals surface area contributed by atoms with Gasteiger partial charge in [0.1, 0.15) is 11.6 Å². The number of carbonyl (C=O) groups excluding carboxylic acids is 1. The summed E-state index contributed by atoms with van der Waals surface area (Å²) >= 11 is 0. The highest BCUT2D eigenvalue weighted by atomic mass is 19.1. The minimum absolute atomic E-state index is 0.0529. The van der Waals surface area contributed by atoms with Gasteiger partial charge >= 0.3 is 0 Å². The van der Waals surface area contributed by atoms with Crippen LogP contribution in [0.25, 0.3) is 0 Å². The monoisotopic (exact) mass is 344 g/mol. The third kappa shape index (κ3) is 4.28. The highest BCUT2D eigenvalue weighted by Gasteiger charge is 2.23. The zero-order valence-electron chi connectivity index (χ0n) is 13.8. The van der Waals surface area contributed by atoms with Gasteiger partial charge in [0.15, 0.2) is 0 Å². The van der Waals surface area contributed by atoms with Crippen LogP contribution in [0.5, 0.6) is 5.75 Å². The van der Waals surface area contributed by atoms with Crippen molar-refractivity contribution in [2.45, 2.75) is 12.5 Å². The Bertz CT molecular complexity index is 728. The summed E-state index contributed by atoms with van der Waals surface area (Å²) in [5.41, 5.74) is 1.42. The Morgan fingerprint density at radius 3 is 2.40 bits per heavy atom. The van der Waals surface area contributed by atoms with E-state index in [1.165, 1.54) is 18.2 Å². The molecule has 0 radical (unpaired) electrons. The summed E-state index contributed by atoms with van der Waals surface area (Å²) in [5, 5.41) is 19.5. The van der Waals surface area contributed by atoms with Gasteiger partial charge in [-0.3, -0.25) is 4.79 Å². The van der Waals surface area contributed by atoms with Crippen molar-refractivity contribution in [1.29, 1.82) is 0 Å². The maximum absolute atomic E-state index is 13.2. The fourth-order valence-electron chi connectivity index (χ4n) is 3.00. The lowest BCUT2D eigenvalue weighted by molar-refractivity contribution is -0.133. The molecule has 1 amide bonds. The average Bonchev–Trinajstić information content (AvgIpc) is 2.62. The van der Waals surface area contributed by atoms with E-state index in [4.69, 9.17) is 0 Å². The number of benzene rings is 2. The molecule has 1 unspecified atom stereocenters. The number of anilines is 1. The third-order valence-electron chi connectivity index (χ3n) is 4.45. The number of phenols is 1. The van der Waals surface area contributed by atoms with Crippen LogP contribution in [-0.2, 0) is 4.79 Å². The maximum atomic E-state index is 13.2. The Kier molecular flexibility index (Phi) is 5.19. The minimum atomic E-state index is -1.00. The summed E-state index contributed by atoms with van der Waals surface area (Å²) in [6.07, 6.45) is -1.05. The van der Waals surface area contributed by atoms with Crippen LogP contribution in [0.3, 0.4) is 0 Å². The predicted molar refractivity (Wildman–Crippen MR) is 92.9 cm³/mol. The molecular weight excluding hydrogens is 323 g/mol. The Hall–Kier alpha value is -2.60. The van der Waals surface area contributed by atoms with Gasteiger partial charge in [0.2, 0.25) is 5.91 Å². The molecule has 25 heavy (non-hydrogen) atoms. The van der Waals surface area contributed by atoms with E-state index in [0.29, 0.717) is 31.7 Å². The van der Waals surface area contributed by atoms with Gasteiger partial charge in [0.05, 0.1) is 12.5 Å². The number of carbonyl (C=O) groups is 1. The quantitative estimate of drug-likeness (QED) is 0.893. The van der Waals surface area contributed by atoms with Crippen molar-refractivity contribution in [3.8, 4) is 5.75 Å². The van der Waals surface area contributed by atoms with Crippen molar-refractivity contribution in [2.24, 2.45) is 0 Å². The molecule has 0 bridgehead atoms. The lowest BCUT2D eigenvalue weighted by Gasteiger charge is -2.36. The Balaban J connectivity index is 1.53. The molecule has 5 nitrogen and oxygen atoms in total. The minimum Gasteiger partial charge on any atom is -0.508 e. The van der Waals surface area contributed by atoms with E-state index in [9.17, 15) is 19.4 Å². The zero-order chi connectivity index (χ0) is 17.8. The summed E-state index contributed by atoms with van der Waals surface area (Å²) < 4.78 is 13.2. The normalized spacial score (nSPS) is 15.9. The second-order valence-electron chi connectivity index (χ2n) is 6.16. The van der Waals surface area contributed by atoms with E-state index >= 15 is 0 Å². The summed E-state index contributed by atoms with van der Waals surface area (Å²) in [4.78, 5) is 16.2. The zero-order valence-corrected chi connectivity index (χ0v) is 13.8. The second-order valence-corrected chi connectivity index (χ2v) is 6.16. The lowest BCUT2D eigenvalue weighted by Crippen LogP contribution is -2.49. The lowest BCUT2D eigenvalue weighted by atomic mass is 10.1. The number of phenolic OH excluding ortho intramolecular Hbond substituents is 1. The first-order valence-electron chi connectivity index (χ1n) is 8.28. The summed E-state index contributed by atoms with van der Waals surface area (Å²) in [7, 11) is 0. The number of aliphatic hydroxyl groups excluding tert-OH is 1. The molecule has 0 aromatic heterocycles. The van der Waals surface area contributed by atoms with Crippen LogP contribution in [0.1, 0.15) is 18.1 Å². The second kappa shape index (κ2) is 7.53. The molecular formula is C19H21FN2O3. The van der Waals surface area contributed by atoms with E-state index in [1.807, 2.05) is 12.1 Å². The molecule has 2 N–H and O–H groups in total. The molecule has 1 aliphatic rings. The van der Waals surface area contributed by atoms with Crippen LogP contribution in [0.4, 0.5) is 10.1 Å². The third-order valence-corrected chi connectivity index (χ3v) is 4.45. The Morgan fingerprint density at radius 2 is 1.76 bits per heavy atom. The first-order chi connectivity index (χ1) is 12.0. The van der Waals surface area contributed by atoms with Crippen molar-refractivity contribution < 1.29 is 19.4 Å². The molecule has 2 aromatic carbocycles. The van der Waals surface area contributed by atoms with Crippen LogP contribution in [-0.4, -0.2) is 47.2 Å². The number of hydrogen-bond acceptors (Lipinski definition) is 4. The van der Waals surface area contributed by atoms with Gasteiger partial charge < -0.3 is 20.0 Å². The topological polar surface area (TPSA) is 64.0 Å². The van der Waals surface area contributed by atoms with Crippen molar-refractivity contribution in [3.63, 3.8) is 0 Å². The molecule has 1 fully saturated rings. The van der Waals surface area contributed by atoms with Crippen molar-refractivity contribution in [3.05, 3.63) is 59.9 Å². The molecule has 1 atom stereocenters. The van der Waals surface area contributed by atoms with Gasteiger partial charge in [-0.15, -0.1) is 0 Å². The van der Waals surface area contributed by atoms with Crippen LogP contribution < -0.4 is 4.90 Å². The SMILES string of the molecule is O=C(CC(O)c1cccc(F)c1)N1CCN(c2ccc(O)cc2)CC1. The van der Waals surface area contributed by atoms with E-state index in [-0.39, 0.29) is 18.1 Å². The molecule has 0 aliphatic carbocycles. The maximum Gasteiger partial charge on any atom is 0.225 e. The standard InChI is InChI=1S/C19H21FN2O3/c20-15-3-1-2-14(12-15)18(24)13-19(25)22-10-8-21(9-11-22)16-4-6-17(23)7-5-16/h1-7,12,18,23-24H,8-11,13H2. The van der Waals surface area contributed by atoms with Gasteiger partial charge in [0, 0.05) is 31.9 Å².